The highest BCUT2D eigenvalue weighted by molar-refractivity contribution is 6.35. The maximum absolute atomic E-state index is 13.9. The van der Waals surface area contributed by atoms with Crippen molar-refractivity contribution in [1.82, 2.24) is 23.9 Å². The van der Waals surface area contributed by atoms with E-state index < -0.39 is 17.1 Å². The highest BCUT2D eigenvalue weighted by Crippen LogP contribution is 2.26. The lowest BCUT2D eigenvalue weighted by Crippen LogP contribution is -2.42. The SMILES string of the molecule is C#CCn1c(C)c(-n2cc3c(Cl)c(F)ccc3n2)c(=O)n(-c2cncc(C)c2)c1=O. The van der Waals surface area contributed by atoms with E-state index in [2.05, 4.69) is 16.0 Å². The van der Waals surface area contributed by atoms with E-state index in [1.807, 2.05) is 0 Å². The fraction of sp³-hybridized carbons (Fsp3) is 0.143. The highest BCUT2D eigenvalue weighted by atomic mass is 35.5. The van der Waals surface area contributed by atoms with E-state index >= 15 is 0 Å². The molecule has 30 heavy (non-hydrogen) atoms. The van der Waals surface area contributed by atoms with Gasteiger partial charge in [-0.3, -0.25) is 14.3 Å². The van der Waals surface area contributed by atoms with Crippen molar-refractivity contribution in [1.29, 1.82) is 0 Å². The van der Waals surface area contributed by atoms with Gasteiger partial charge in [-0.1, -0.05) is 17.5 Å². The summed E-state index contributed by atoms with van der Waals surface area (Å²) in [6, 6.07) is 4.33. The first-order valence-electron chi connectivity index (χ1n) is 8.89. The van der Waals surface area contributed by atoms with Crippen LogP contribution in [0.3, 0.4) is 0 Å². The van der Waals surface area contributed by atoms with Gasteiger partial charge in [0.25, 0.3) is 5.56 Å². The summed E-state index contributed by atoms with van der Waals surface area (Å²) in [7, 11) is 0. The Labute approximate surface area is 175 Å². The lowest BCUT2D eigenvalue weighted by molar-refractivity contribution is 0.630. The molecule has 4 rings (SSSR count). The average molecular weight is 424 g/mol. The van der Waals surface area contributed by atoms with Crippen molar-refractivity contribution in [2.45, 2.75) is 20.4 Å². The predicted octanol–water partition coefficient (Wildman–Crippen LogP) is 2.78. The standard InChI is InChI=1S/C21H15ClFN5O2/c1-4-7-26-13(3)19(27-11-15-17(25-27)6-5-16(23)18(15)22)20(29)28(21(26)30)14-8-12(2)9-24-10-14/h1,5-6,8-11H,7H2,2-3H3. The van der Waals surface area contributed by atoms with E-state index in [-0.39, 0.29) is 17.3 Å². The zero-order chi connectivity index (χ0) is 21.6. The minimum atomic E-state index is -0.609. The summed E-state index contributed by atoms with van der Waals surface area (Å²) in [4.78, 5) is 30.5. The summed E-state index contributed by atoms with van der Waals surface area (Å²) in [5.41, 5.74) is 0.700. The van der Waals surface area contributed by atoms with Crippen LogP contribution in [0, 0.1) is 32.0 Å². The van der Waals surface area contributed by atoms with Crippen LogP contribution in [0.1, 0.15) is 11.3 Å². The molecule has 0 aliphatic rings. The molecule has 9 heteroatoms. The Bertz CT molecular complexity index is 1480. The number of pyridine rings is 1. The molecule has 3 heterocycles. The Kier molecular flexibility index (Phi) is 4.76. The third kappa shape index (κ3) is 3.00. The number of hydrogen-bond acceptors (Lipinski definition) is 4. The second-order valence-electron chi connectivity index (χ2n) is 6.74. The Balaban J connectivity index is 2.11. The molecule has 3 aromatic heterocycles. The van der Waals surface area contributed by atoms with Crippen molar-refractivity contribution >= 4 is 22.5 Å². The van der Waals surface area contributed by atoms with Crippen molar-refractivity contribution in [3.63, 3.8) is 0 Å². The molecule has 0 aliphatic carbocycles. The molecule has 0 saturated carbocycles. The van der Waals surface area contributed by atoms with Gasteiger partial charge in [0.05, 0.1) is 34.7 Å². The first kappa shape index (κ1) is 19.6. The van der Waals surface area contributed by atoms with Crippen LogP contribution in [-0.4, -0.2) is 23.9 Å². The van der Waals surface area contributed by atoms with E-state index in [0.29, 0.717) is 22.3 Å². The minimum Gasteiger partial charge on any atom is -0.284 e. The molecule has 4 aromatic rings. The number of aryl methyl sites for hydroxylation is 1. The van der Waals surface area contributed by atoms with Gasteiger partial charge in [-0.15, -0.1) is 6.42 Å². The number of rotatable bonds is 3. The molecule has 0 radical (unpaired) electrons. The molecule has 0 N–H and O–H groups in total. The van der Waals surface area contributed by atoms with Gasteiger partial charge < -0.3 is 0 Å². The highest BCUT2D eigenvalue weighted by Gasteiger charge is 2.21. The van der Waals surface area contributed by atoms with Crippen LogP contribution < -0.4 is 11.2 Å². The molecular weight excluding hydrogens is 409 g/mol. The fourth-order valence-corrected chi connectivity index (χ4v) is 3.53. The van der Waals surface area contributed by atoms with Crippen LogP contribution >= 0.6 is 11.6 Å². The predicted molar refractivity (Wildman–Crippen MR) is 112 cm³/mol. The monoisotopic (exact) mass is 423 g/mol. The van der Waals surface area contributed by atoms with Crippen LogP contribution in [0.25, 0.3) is 22.3 Å². The molecule has 0 unspecified atom stereocenters. The Morgan fingerprint density at radius 1 is 1.23 bits per heavy atom. The van der Waals surface area contributed by atoms with Crippen LogP contribution in [0.5, 0.6) is 0 Å². The van der Waals surface area contributed by atoms with Gasteiger partial charge in [0, 0.05) is 17.8 Å². The molecule has 0 saturated heterocycles. The second-order valence-corrected chi connectivity index (χ2v) is 7.11. The molecule has 150 valence electrons. The van der Waals surface area contributed by atoms with Crippen molar-refractivity contribution in [3.8, 4) is 23.7 Å². The molecular formula is C21H15ClFN5O2. The fourth-order valence-electron chi connectivity index (χ4n) is 3.32. The van der Waals surface area contributed by atoms with Crippen LogP contribution in [0.15, 0.2) is 46.4 Å². The summed E-state index contributed by atoms with van der Waals surface area (Å²) in [5, 5.41) is 4.60. The maximum atomic E-state index is 13.9. The average Bonchev–Trinajstić information content (AvgIpc) is 3.13. The number of hydrogen-bond donors (Lipinski definition) is 0. The maximum Gasteiger partial charge on any atom is 0.336 e. The van der Waals surface area contributed by atoms with Gasteiger partial charge in [0.15, 0.2) is 0 Å². The number of nitrogens with zero attached hydrogens (tertiary/aromatic N) is 5. The van der Waals surface area contributed by atoms with Crippen LogP contribution in [0.2, 0.25) is 5.02 Å². The van der Waals surface area contributed by atoms with E-state index in [1.54, 1.807) is 26.1 Å². The van der Waals surface area contributed by atoms with Crippen LogP contribution in [0.4, 0.5) is 4.39 Å². The molecule has 7 nitrogen and oxygen atoms in total. The van der Waals surface area contributed by atoms with Crippen molar-refractivity contribution in [2.24, 2.45) is 0 Å². The van der Waals surface area contributed by atoms with Crippen molar-refractivity contribution in [2.75, 3.05) is 0 Å². The minimum absolute atomic E-state index is 0.0483. The molecule has 0 bridgehead atoms. The Morgan fingerprint density at radius 2 is 2.00 bits per heavy atom. The van der Waals surface area contributed by atoms with Crippen LogP contribution in [-0.2, 0) is 6.54 Å². The quantitative estimate of drug-likeness (QED) is 0.475. The number of benzene rings is 1. The molecule has 1 aromatic carbocycles. The zero-order valence-corrected chi connectivity index (χ0v) is 16.8. The third-order valence-electron chi connectivity index (χ3n) is 4.75. The summed E-state index contributed by atoms with van der Waals surface area (Å²) < 4.78 is 17.4. The first-order chi connectivity index (χ1) is 14.3. The van der Waals surface area contributed by atoms with E-state index in [9.17, 15) is 14.0 Å². The zero-order valence-electron chi connectivity index (χ0n) is 16.1. The lowest BCUT2D eigenvalue weighted by atomic mass is 10.2. The number of terminal acetylenes is 1. The van der Waals surface area contributed by atoms with Gasteiger partial charge in [0.1, 0.15) is 11.5 Å². The Hall–Kier alpha value is -3.70. The normalized spacial score (nSPS) is 11.0. The largest absolute Gasteiger partial charge is 0.336 e. The molecule has 0 amide bonds. The van der Waals surface area contributed by atoms with E-state index in [0.717, 1.165) is 10.1 Å². The topological polar surface area (TPSA) is 74.7 Å². The van der Waals surface area contributed by atoms with E-state index in [1.165, 1.54) is 33.8 Å². The van der Waals surface area contributed by atoms with Gasteiger partial charge in [-0.05, 0) is 37.6 Å². The number of aromatic nitrogens is 5. The first-order valence-corrected chi connectivity index (χ1v) is 9.27. The lowest BCUT2D eigenvalue weighted by Gasteiger charge is -2.15. The summed E-state index contributed by atoms with van der Waals surface area (Å²) in [6.45, 7) is 3.35. The van der Waals surface area contributed by atoms with Gasteiger partial charge in [-0.25, -0.2) is 18.4 Å². The smallest absolute Gasteiger partial charge is 0.284 e. The van der Waals surface area contributed by atoms with Gasteiger partial charge in [-0.2, -0.15) is 5.10 Å². The molecule has 0 atom stereocenters. The summed E-state index contributed by atoms with van der Waals surface area (Å²) in [6.07, 6.45) is 9.93. The summed E-state index contributed by atoms with van der Waals surface area (Å²) >= 11 is 6.06. The molecule has 0 spiro atoms. The third-order valence-corrected chi connectivity index (χ3v) is 5.13. The summed E-state index contributed by atoms with van der Waals surface area (Å²) in [5.74, 6) is 1.83. The molecule has 0 fully saturated rings. The van der Waals surface area contributed by atoms with Crippen molar-refractivity contribution in [3.05, 3.63) is 79.7 Å². The Morgan fingerprint density at radius 3 is 2.70 bits per heavy atom. The van der Waals surface area contributed by atoms with Gasteiger partial charge in [0.2, 0.25) is 0 Å². The second kappa shape index (κ2) is 7.28. The number of fused-ring (bicyclic) bond motifs is 1. The number of halogens is 2. The van der Waals surface area contributed by atoms with E-state index in [4.69, 9.17) is 18.0 Å². The van der Waals surface area contributed by atoms with Crippen molar-refractivity contribution < 1.29 is 4.39 Å². The molecule has 0 aliphatic heterocycles. The van der Waals surface area contributed by atoms with Gasteiger partial charge >= 0.3 is 5.69 Å².